The zero-order valence-electron chi connectivity index (χ0n) is 22.7. The van der Waals surface area contributed by atoms with Crippen LogP contribution in [0.2, 0.25) is 0 Å². The number of amides is 3. The fraction of sp³-hybridized carbons (Fsp3) is 0.300. The number of nitrogens with zero attached hydrogens (tertiary/aromatic N) is 1. The summed E-state index contributed by atoms with van der Waals surface area (Å²) in [5.74, 6) is 0.146. The van der Waals surface area contributed by atoms with E-state index in [1.54, 1.807) is 66.7 Å². The molecule has 212 valence electrons. The van der Waals surface area contributed by atoms with Crippen molar-refractivity contribution in [2.75, 3.05) is 40.4 Å². The first-order chi connectivity index (χ1) is 19.3. The molecule has 0 aromatic heterocycles. The van der Waals surface area contributed by atoms with Crippen LogP contribution in [0.3, 0.4) is 0 Å². The van der Waals surface area contributed by atoms with Gasteiger partial charge in [-0.15, -0.1) is 0 Å². The molecule has 0 unspecified atom stereocenters. The Kier molecular flexibility index (Phi) is 11.2. The summed E-state index contributed by atoms with van der Waals surface area (Å²) in [4.78, 5) is 39.9. The van der Waals surface area contributed by atoms with Gasteiger partial charge in [0.2, 0.25) is 17.7 Å². The summed E-state index contributed by atoms with van der Waals surface area (Å²) in [6.45, 7) is 0.0977. The number of rotatable bonds is 14. The predicted octanol–water partition coefficient (Wildman–Crippen LogP) is 2.20. The Hall–Kier alpha value is -4.73. The van der Waals surface area contributed by atoms with Crippen LogP contribution in [0.15, 0.2) is 66.7 Å². The van der Waals surface area contributed by atoms with Gasteiger partial charge in [-0.25, -0.2) is 0 Å². The molecule has 0 aliphatic rings. The number of phenolic OH excluding ortho intramolecular Hbond substituents is 2. The Morgan fingerprint density at radius 3 is 1.57 bits per heavy atom. The topological polar surface area (TPSA) is 137 Å². The van der Waals surface area contributed by atoms with Gasteiger partial charge in [0.1, 0.15) is 24.6 Å². The SMILES string of the molecule is COc1ccc(CC(=O)N(CC(=O)NCCc2ccc(O)cc2)CC(=O)NCCc2ccc(O)cc2)cc1OC. The Morgan fingerprint density at radius 2 is 1.12 bits per heavy atom. The highest BCUT2D eigenvalue weighted by atomic mass is 16.5. The molecule has 0 saturated heterocycles. The van der Waals surface area contributed by atoms with Crippen LogP contribution < -0.4 is 20.1 Å². The molecule has 0 heterocycles. The lowest BCUT2D eigenvalue weighted by atomic mass is 10.1. The Balaban J connectivity index is 1.60. The zero-order chi connectivity index (χ0) is 28.9. The van der Waals surface area contributed by atoms with E-state index in [9.17, 15) is 24.6 Å². The van der Waals surface area contributed by atoms with Crippen molar-refractivity contribution < 1.29 is 34.1 Å². The van der Waals surface area contributed by atoms with E-state index in [4.69, 9.17) is 9.47 Å². The monoisotopic (exact) mass is 549 g/mol. The molecule has 0 radical (unpaired) electrons. The van der Waals surface area contributed by atoms with Crippen LogP contribution in [0.5, 0.6) is 23.0 Å². The molecular weight excluding hydrogens is 514 g/mol. The summed E-state index contributed by atoms with van der Waals surface area (Å²) >= 11 is 0. The van der Waals surface area contributed by atoms with Gasteiger partial charge in [-0.3, -0.25) is 14.4 Å². The number of benzene rings is 3. The summed E-state index contributed by atoms with van der Waals surface area (Å²) in [5.41, 5.74) is 2.52. The minimum atomic E-state index is -0.394. The number of carbonyl (C=O) groups is 3. The van der Waals surface area contributed by atoms with E-state index in [-0.39, 0.29) is 31.0 Å². The Morgan fingerprint density at radius 1 is 0.675 bits per heavy atom. The Labute approximate surface area is 233 Å². The van der Waals surface area contributed by atoms with Crippen molar-refractivity contribution in [3.8, 4) is 23.0 Å². The minimum Gasteiger partial charge on any atom is -0.508 e. The molecule has 0 spiro atoms. The van der Waals surface area contributed by atoms with Gasteiger partial charge in [0.05, 0.1) is 20.6 Å². The summed E-state index contributed by atoms with van der Waals surface area (Å²) in [7, 11) is 3.02. The van der Waals surface area contributed by atoms with E-state index in [1.165, 1.54) is 19.1 Å². The highest BCUT2D eigenvalue weighted by Gasteiger charge is 2.21. The Bertz CT molecular complexity index is 1210. The summed E-state index contributed by atoms with van der Waals surface area (Å²) in [6.07, 6.45) is 1.05. The second kappa shape index (κ2) is 15.0. The highest BCUT2D eigenvalue weighted by molar-refractivity contribution is 5.90. The standard InChI is InChI=1S/C30H35N3O7/c1-39-26-12-7-23(17-27(26)40-2)18-30(38)33(19-28(36)31-15-13-21-3-8-24(34)9-4-21)20-29(37)32-16-14-22-5-10-25(35)11-6-22/h3-12,17,34-35H,13-16,18-20H2,1-2H3,(H,31,36)(H,32,37). The number of nitrogens with one attached hydrogen (secondary N) is 2. The number of phenols is 2. The van der Waals surface area contributed by atoms with Crippen LogP contribution >= 0.6 is 0 Å². The smallest absolute Gasteiger partial charge is 0.239 e. The molecule has 0 bridgehead atoms. The lowest BCUT2D eigenvalue weighted by Gasteiger charge is -2.22. The number of aromatic hydroxyl groups is 2. The first kappa shape index (κ1) is 29.8. The first-order valence-electron chi connectivity index (χ1n) is 12.8. The average molecular weight is 550 g/mol. The van der Waals surface area contributed by atoms with E-state index in [1.807, 2.05) is 0 Å². The average Bonchev–Trinajstić information content (AvgIpc) is 2.94. The fourth-order valence-electron chi connectivity index (χ4n) is 3.99. The number of hydrogen-bond donors (Lipinski definition) is 4. The van der Waals surface area contributed by atoms with Crippen LogP contribution in [0, 0.1) is 0 Å². The van der Waals surface area contributed by atoms with Gasteiger partial charge >= 0.3 is 0 Å². The largest absolute Gasteiger partial charge is 0.508 e. The fourth-order valence-corrected chi connectivity index (χ4v) is 3.99. The van der Waals surface area contributed by atoms with Crippen LogP contribution in [-0.4, -0.2) is 73.2 Å². The third-order valence-electron chi connectivity index (χ3n) is 6.17. The lowest BCUT2D eigenvalue weighted by Crippen LogP contribution is -2.46. The van der Waals surface area contributed by atoms with Crippen LogP contribution in [0.25, 0.3) is 0 Å². The zero-order valence-corrected chi connectivity index (χ0v) is 22.7. The van der Waals surface area contributed by atoms with E-state index < -0.39 is 17.7 Å². The van der Waals surface area contributed by atoms with Gasteiger partial charge in [0.15, 0.2) is 11.5 Å². The van der Waals surface area contributed by atoms with Gasteiger partial charge < -0.3 is 35.2 Å². The van der Waals surface area contributed by atoms with E-state index in [0.717, 1.165) is 11.1 Å². The number of methoxy groups -OCH3 is 2. The highest BCUT2D eigenvalue weighted by Crippen LogP contribution is 2.27. The van der Waals surface area contributed by atoms with Crippen LogP contribution in [-0.2, 0) is 33.6 Å². The molecule has 0 atom stereocenters. The number of ether oxygens (including phenoxy) is 2. The molecule has 10 nitrogen and oxygen atoms in total. The third-order valence-corrected chi connectivity index (χ3v) is 6.17. The molecule has 10 heteroatoms. The van der Waals surface area contributed by atoms with Crippen molar-refractivity contribution in [3.63, 3.8) is 0 Å². The van der Waals surface area contributed by atoms with E-state index in [0.29, 0.717) is 43.0 Å². The molecule has 40 heavy (non-hydrogen) atoms. The van der Waals surface area contributed by atoms with Crippen molar-refractivity contribution in [1.82, 2.24) is 15.5 Å². The summed E-state index contributed by atoms with van der Waals surface area (Å²) < 4.78 is 10.6. The van der Waals surface area contributed by atoms with Gasteiger partial charge in [-0.2, -0.15) is 0 Å². The summed E-state index contributed by atoms with van der Waals surface area (Å²) in [5, 5.41) is 24.4. The van der Waals surface area contributed by atoms with E-state index in [2.05, 4.69) is 10.6 Å². The van der Waals surface area contributed by atoms with Crippen molar-refractivity contribution in [3.05, 3.63) is 83.4 Å². The molecule has 0 aliphatic heterocycles. The van der Waals surface area contributed by atoms with Gasteiger partial charge in [-0.05, 0) is 65.9 Å². The second-order valence-electron chi connectivity index (χ2n) is 9.15. The van der Waals surface area contributed by atoms with Crippen molar-refractivity contribution in [2.24, 2.45) is 0 Å². The van der Waals surface area contributed by atoms with Gasteiger partial charge in [0, 0.05) is 13.1 Å². The molecule has 0 aliphatic carbocycles. The van der Waals surface area contributed by atoms with Gasteiger partial charge in [-0.1, -0.05) is 30.3 Å². The van der Waals surface area contributed by atoms with E-state index >= 15 is 0 Å². The molecular formula is C30H35N3O7. The molecule has 3 amide bonds. The minimum absolute atomic E-state index is 0.0398. The molecule has 3 aromatic carbocycles. The van der Waals surface area contributed by atoms with Crippen LogP contribution in [0.1, 0.15) is 16.7 Å². The molecule has 0 fully saturated rings. The van der Waals surface area contributed by atoms with Crippen molar-refractivity contribution in [1.29, 1.82) is 0 Å². The summed E-state index contributed by atoms with van der Waals surface area (Å²) in [6, 6.07) is 18.5. The molecule has 0 saturated carbocycles. The number of carbonyl (C=O) groups excluding carboxylic acids is 3. The third kappa shape index (κ3) is 9.54. The molecule has 3 aromatic rings. The van der Waals surface area contributed by atoms with Crippen LogP contribution in [0.4, 0.5) is 0 Å². The lowest BCUT2D eigenvalue weighted by molar-refractivity contribution is -0.138. The van der Waals surface area contributed by atoms with Gasteiger partial charge in [0.25, 0.3) is 0 Å². The maximum atomic E-state index is 13.2. The quantitative estimate of drug-likeness (QED) is 0.242. The second-order valence-corrected chi connectivity index (χ2v) is 9.15. The number of hydrogen-bond acceptors (Lipinski definition) is 7. The first-order valence-corrected chi connectivity index (χ1v) is 12.8. The molecule has 4 N–H and O–H groups in total. The predicted molar refractivity (Wildman–Crippen MR) is 149 cm³/mol. The maximum Gasteiger partial charge on any atom is 0.239 e. The van der Waals surface area contributed by atoms with Crippen molar-refractivity contribution >= 4 is 17.7 Å². The molecule has 3 rings (SSSR count). The van der Waals surface area contributed by atoms with Crippen molar-refractivity contribution in [2.45, 2.75) is 19.3 Å². The normalized spacial score (nSPS) is 10.4. The maximum absolute atomic E-state index is 13.2.